The van der Waals surface area contributed by atoms with Crippen molar-refractivity contribution in [3.05, 3.63) is 16.8 Å². The number of anilines is 1. The van der Waals surface area contributed by atoms with Gasteiger partial charge in [0.15, 0.2) is 0 Å². The molecule has 0 spiro atoms. The third-order valence-electron chi connectivity index (χ3n) is 2.31. The topological polar surface area (TPSA) is 29.0 Å². The normalized spacial score (nSPS) is 10.2. The molecular weight excluding hydrogens is 242 g/mol. The summed E-state index contributed by atoms with van der Waals surface area (Å²) >= 11 is 1.77. The largest absolute Gasteiger partial charge is 0.362 e. The van der Waals surface area contributed by atoms with E-state index in [1.54, 1.807) is 11.3 Å². The van der Waals surface area contributed by atoms with Gasteiger partial charge in [0.05, 0.1) is 5.39 Å². The number of rotatable bonds is 2. The number of halogens is 1. The summed E-state index contributed by atoms with van der Waals surface area (Å²) in [5, 5.41) is 1.17. The minimum atomic E-state index is 0. The van der Waals surface area contributed by atoms with E-state index in [-0.39, 0.29) is 12.4 Å². The molecule has 16 heavy (non-hydrogen) atoms. The van der Waals surface area contributed by atoms with E-state index < -0.39 is 0 Å². The first-order valence-corrected chi connectivity index (χ1v) is 5.88. The zero-order chi connectivity index (χ0) is 11.0. The van der Waals surface area contributed by atoms with Gasteiger partial charge in [-0.15, -0.1) is 23.7 Å². The van der Waals surface area contributed by atoms with Crippen LogP contribution in [0.2, 0.25) is 0 Å². The lowest BCUT2D eigenvalue weighted by Gasteiger charge is -2.12. The summed E-state index contributed by atoms with van der Waals surface area (Å²) in [5.41, 5.74) is 0. The zero-order valence-electron chi connectivity index (χ0n) is 9.94. The number of fused-ring (bicyclic) bond motifs is 1. The molecule has 2 rings (SSSR count). The molecule has 88 valence electrons. The number of nitrogens with zero attached hydrogens (tertiary/aromatic N) is 3. The van der Waals surface area contributed by atoms with Gasteiger partial charge >= 0.3 is 0 Å². The van der Waals surface area contributed by atoms with Crippen molar-refractivity contribution in [2.24, 2.45) is 0 Å². The Balaban J connectivity index is 0.00000128. The van der Waals surface area contributed by atoms with Gasteiger partial charge < -0.3 is 4.90 Å². The predicted molar refractivity (Wildman–Crippen MR) is 73.1 cm³/mol. The molecular formula is C11H16ClN3S. The highest BCUT2D eigenvalue weighted by Gasteiger charge is 2.10. The summed E-state index contributed by atoms with van der Waals surface area (Å²) in [7, 11) is 4.04. The van der Waals surface area contributed by atoms with Crippen LogP contribution < -0.4 is 4.90 Å². The van der Waals surface area contributed by atoms with Crippen LogP contribution in [0.5, 0.6) is 0 Å². The van der Waals surface area contributed by atoms with Crippen molar-refractivity contribution in [2.75, 3.05) is 19.0 Å². The first kappa shape index (κ1) is 13.2. The fourth-order valence-electron chi connectivity index (χ4n) is 1.58. The molecule has 0 aliphatic heterocycles. The second-order valence-corrected chi connectivity index (χ2v) is 4.89. The molecule has 0 bridgehead atoms. The molecule has 0 unspecified atom stereocenters. The molecule has 0 radical (unpaired) electrons. The van der Waals surface area contributed by atoms with E-state index in [2.05, 4.69) is 23.0 Å². The van der Waals surface area contributed by atoms with Gasteiger partial charge in [-0.25, -0.2) is 9.97 Å². The van der Waals surface area contributed by atoms with Crippen molar-refractivity contribution in [2.45, 2.75) is 20.3 Å². The number of hydrogen-bond donors (Lipinski definition) is 0. The van der Waals surface area contributed by atoms with E-state index in [9.17, 15) is 0 Å². The molecule has 0 saturated carbocycles. The smallest absolute Gasteiger partial charge is 0.140 e. The Bertz CT molecular complexity index is 493. The van der Waals surface area contributed by atoms with Gasteiger partial charge in [-0.1, -0.05) is 6.92 Å². The molecule has 0 atom stereocenters. The summed E-state index contributed by atoms with van der Waals surface area (Å²) in [4.78, 5) is 13.5. The van der Waals surface area contributed by atoms with Crippen LogP contribution in [0.15, 0.2) is 6.07 Å². The number of aromatic nitrogens is 2. The van der Waals surface area contributed by atoms with Crippen molar-refractivity contribution in [1.29, 1.82) is 0 Å². The minimum Gasteiger partial charge on any atom is -0.362 e. The maximum absolute atomic E-state index is 4.47. The highest BCUT2D eigenvalue weighted by molar-refractivity contribution is 7.18. The first-order valence-electron chi connectivity index (χ1n) is 5.06. The van der Waals surface area contributed by atoms with Gasteiger partial charge in [-0.2, -0.15) is 0 Å². The average molecular weight is 258 g/mol. The van der Waals surface area contributed by atoms with Gasteiger partial charge in [0, 0.05) is 19.0 Å². The minimum absolute atomic E-state index is 0. The fraction of sp³-hybridized carbons (Fsp3) is 0.455. The number of aryl methyl sites for hydroxylation is 2. The van der Waals surface area contributed by atoms with Crippen LogP contribution >= 0.6 is 23.7 Å². The van der Waals surface area contributed by atoms with Crippen molar-refractivity contribution in [1.82, 2.24) is 9.97 Å². The van der Waals surface area contributed by atoms with Gasteiger partial charge in [-0.05, 0) is 19.4 Å². The van der Waals surface area contributed by atoms with E-state index >= 15 is 0 Å². The van der Waals surface area contributed by atoms with Crippen LogP contribution in [0.4, 0.5) is 5.82 Å². The van der Waals surface area contributed by atoms with Crippen LogP contribution in [-0.4, -0.2) is 24.1 Å². The molecule has 5 heteroatoms. The lowest BCUT2D eigenvalue weighted by molar-refractivity contribution is 1.02. The molecule has 0 fully saturated rings. The Kier molecular flexibility index (Phi) is 4.10. The van der Waals surface area contributed by atoms with Crippen molar-refractivity contribution < 1.29 is 0 Å². The summed E-state index contributed by atoms with van der Waals surface area (Å²) in [6, 6.07) is 2.20. The van der Waals surface area contributed by atoms with E-state index in [4.69, 9.17) is 0 Å². The maximum atomic E-state index is 4.47. The SMILES string of the molecule is CCc1cc2c(N(C)C)nc(C)nc2s1.Cl. The third-order valence-corrected chi connectivity index (χ3v) is 3.48. The number of thiophene rings is 1. The summed E-state index contributed by atoms with van der Waals surface area (Å²) < 4.78 is 0. The van der Waals surface area contributed by atoms with Crippen LogP contribution in [-0.2, 0) is 6.42 Å². The van der Waals surface area contributed by atoms with Crippen molar-refractivity contribution in [3.8, 4) is 0 Å². The lowest BCUT2D eigenvalue weighted by Crippen LogP contribution is -2.11. The third kappa shape index (κ3) is 2.28. The molecule has 0 aromatic carbocycles. The highest BCUT2D eigenvalue weighted by atomic mass is 35.5. The molecule has 0 aliphatic carbocycles. The Hall–Kier alpha value is -0.870. The van der Waals surface area contributed by atoms with Crippen LogP contribution in [0.1, 0.15) is 17.6 Å². The predicted octanol–water partition coefficient (Wildman–Crippen LogP) is 3.05. The van der Waals surface area contributed by atoms with E-state index in [1.807, 2.05) is 25.9 Å². The van der Waals surface area contributed by atoms with Crippen molar-refractivity contribution >= 4 is 39.8 Å². The maximum Gasteiger partial charge on any atom is 0.140 e. The van der Waals surface area contributed by atoms with Gasteiger partial charge in [0.2, 0.25) is 0 Å². The molecule has 3 nitrogen and oxygen atoms in total. The molecule has 0 saturated heterocycles. The standard InChI is InChI=1S/C11H15N3S.ClH/c1-5-8-6-9-10(14(3)4)12-7(2)13-11(9)15-8;/h6H,5H2,1-4H3;1H. The van der Waals surface area contributed by atoms with Crippen LogP contribution in [0.3, 0.4) is 0 Å². The van der Waals surface area contributed by atoms with E-state index in [1.165, 1.54) is 10.3 Å². The van der Waals surface area contributed by atoms with E-state index in [0.717, 1.165) is 22.9 Å². The van der Waals surface area contributed by atoms with Crippen molar-refractivity contribution in [3.63, 3.8) is 0 Å². The van der Waals surface area contributed by atoms with Crippen LogP contribution in [0.25, 0.3) is 10.2 Å². The molecule has 2 heterocycles. The summed E-state index contributed by atoms with van der Waals surface area (Å²) in [5.74, 6) is 1.86. The van der Waals surface area contributed by atoms with Gasteiger partial charge in [0.25, 0.3) is 0 Å². The zero-order valence-corrected chi connectivity index (χ0v) is 11.6. The monoisotopic (exact) mass is 257 g/mol. The fourth-order valence-corrected chi connectivity index (χ4v) is 2.58. The Labute approximate surface area is 106 Å². The van der Waals surface area contributed by atoms with E-state index in [0.29, 0.717) is 0 Å². The highest BCUT2D eigenvalue weighted by Crippen LogP contribution is 2.30. The first-order chi connectivity index (χ1) is 7.11. The Morgan fingerprint density at radius 3 is 2.56 bits per heavy atom. The molecule has 0 amide bonds. The molecule has 0 N–H and O–H groups in total. The molecule has 2 aromatic heterocycles. The molecule has 2 aromatic rings. The second-order valence-electron chi connectivity index (χ2n) is 3.77. The summed E-state index contributed by atoms with van der Waals surface area (Å²) in [6.07, 6.45) is 1.06. The van der Waals surface area contributed by atoms with Crippen LogP contribution in [0, 0.1) is 6.92 Å². The molecule has 0 aliphatic rings. The van der Waals surface area contributed by atoms with Gasteiger partial charge in [0.1, 0.15) is 16.5 Å². The number of hydrogen-bond acceptors (Lipinski definition) is 4. The Morgan fingerprint density at radius 1 is 1.31 bits per heavy atom. The van der Waals surface area contributed by atoms with Gasteiger partial charge in [-0.3, -0.25) is 0 Å². The lowest BCUT2D eigenvalue weighted by atomic mass is 10.3. The second kappa shape index (κ2) is 4.97. The summed E-state index contributed by atoms with van der Waals surface area (Å²) in [6.45, 7) is 4.11. The quantitative estimate of drug-likeness (QED) is 0.828. The average Bonchev–Trinajstić information content (AvgIpc) is 2.58. The Morgan fingerprint density at radius 2 is 2.00 bits per heavy atom.